The van der Waals surface area contributed by atoms with Crippen LogP contribution < -0.4 is 4.90 Å². The highest BCUT2D eigenvalue weighted by molar-refractivity contribution is 5.74. The normalized spacial score (nSPS) is 15.0. The molecule has 1 heterocycles. The van der Waals surface area contributed by atoms with Crippen LogP contribution in [0.25, 0.3) is 0 Å². The lowest BCUT2D eigenvalue weighted by atomic mass is 10.2. The number of amides is 2. The van der Waals surface area contributed by atoms with E-state index in [1.165, 1.54) is 17.0 Å². The molecule has 1 aromatic rings. The molecule has 0 atom stereocenters. The quantitative estimate of drug-likeness (QED) is 0.613. The number of halogens is 1. The number of rotatable bonds is 2. The lowest BCUT2D eigenvalue weighted by Crippen LogP contribution is -2.51. The summed E-state index contributed by atoms with van der Waals surface area (Å²) in [5.74, 6) is -0.512. The Labute approximate surface area is 121 Å². The smallest absolute Gasteiger partial charge is 0.319 e. The van der Waals surface area contributed by atoms with Gasteiger partial charge in [0.15, 0.2) is 0 Å². The van der Waals surface area contributed by atoms with Crippen LogP contribution in [0.4, 0.5) is 20.6 Å². The summed E-state index contributed by atoms with van der Waals surface area (Å²) in [6, 6.07) is 3.32. The van der Waals surface area contributed by atoms with Crippen LogP contribution in [-0.4, -0.2) is 61.0 Å². The van der Waals surface area contributed by atoms with Crippen molar-refractivity contribution in [3.8, 4) is 0 Å². The molecule has 1 aromatic carbocycles. The largest absolute Gasteiger partial charge is 0.362 e. The molecular weight excluding hydrogens is 279 g/mol. The topological polar surface area (TPSA) is 69.9 Å². The van der Waals surface area contributed by atoms with Gasteiger partial charge in [-0.25, -0.2) is 9.18 Å². The number of hydrogen-bond acceptors (Lipinski definition) is 4. The summed E-state index contributed by atoms with van der Waals surface area (Å²) >= 11 is 0. The molecule has 0 saturated carbocycles. The molecule has 0 unspecified atom stereocenters. The van der Waals surface area contributed by atoms with E-state index >= 15 is 0 Å². The predicted octanol–water partition coefficient (Wildman–Crippen LogP) is 1.54. The van der Waals surface area contributed by atoms with Gasteiger partial charge in [0.05, 0.1) is 4.92 Å². The van der Waals surface area contributed by atoms with E-state index in [9.17, 15) is 19.3 Å². The number of carbonyl (C=O) groups is 1. The molecule has 1 fully saturated rings. The number of nitrogens with zero attached hydrogens (tertiary/aromatic N) is 4. The number of anilines is 1. The predicted molar refractivity (Wildman–Crippen MR) is 75.9 cm³/mol. The van der Waals surface area contributed by atoms with Gasteiger partial charge in [0.25, 0.3) is 5.69 Å². The molecule has 0 aliphatic carbocycles. The molecule has 8 heteroatoms. The average molecular weight is 296 g/mol. The van der Waals surface area contributed by atoms with Crippen molar-refractivity contribution in [1.29, 1.82) is 0 Å². The van der Waals surface area contributed by atoms with Gasteiger partial charge in [0.1, 0.15) is 11.5 Å². The van der Waals surface area contributed by atoms with Crippen LogP contribution in [-0.2, 0) is 0 Å². The van der Waals surface area contributed by atoms with Crippen molar-refractivity contribution in [3.05, 3.63) is 34.1 Å². The first-order valence-corrected chi connectivity index (χ1v) is 6.55. The lowest BCUT2D eigenvalue weighted by Gasteiger charge is -2.36. The molecule has 0 spiro atoms. The molecular formula is C13H17FN4O3. The zero-order valence-electron chi connectivity index (χ0n) is 12.0. The second-order valence-electron chi connectivity index (χ2n) is 5.04. The average Bonchev–Trinajstić information content (AvgIpc) is 2.46. The number of urea groups is 1. The summed E-state index contributed by atoms with van der Waals surface area (Å²) in [5.41, 5.74) is 0.140. The Morgan fingerprint density at radius 3 is 2.43 bits per heavy atom. The molecule has 2 rings (SSSR count). The van der Waals surface area contributed by atoms with E-state index in [4.69, 9.17) is 0 Å². The summed E-state index contributed by atoms with van der Waals surface area (Å²) in [6.45, 7) is 1.77. The summed E-state index contributed by atoms with van der Waals surface area (Å²) in [5, 5.41) is 11.0. The molecule has 0 bridgehead atoms. The molecule has 114 valence electrons. The van der Waals surface area contributed by atoms with Gasteiger partial charge in [-0.05, 0) is 6.07 Å². The zero-order valence-corrected chi connectivity index (χ0v) is 12.0. The van der Waals surface area contributed by atoms with E-state index in [1.54, 1.807) is 23.9 Å². The molecule has 0 radical (unpaired) electrons. The maximum Gasteiger partial charge on any atom is 0.319 e. The van der Waals surface area contributed by atoms with Gasteiger partial charge in [-0.3, -0.25) is 10.1 Å². The second kappa shape index (κ2) is 5.94. The van der Waals surface area contributed by atoms with E-state index in [2.05, 4.69) is 0 Å². The summed E-state index contributed by atoms with van der Waals surface area (Å²) in [7, 11) is 3.35. The van der Waals surface area contributed by atoms with Crippen LogP contribution >= 0.6 is 0 Å². The molecule has 21 heavy (non-hydrogen) atoms. The Morgan fingerprint density at radius 2 is 1.90 bits per heavy atom. The first kappa shape index (κ1) is 15.0. The van der Waals surface area contributed by atoms with E-state index < -0.39 is 10.7 Å². The summed E-state index contributed by atoms with van der Waals surface area (Å²) < 4.78 is 13.4. The van der Waals surface area contributed by atoms with Gasteiger partial charge in [0, 0.05) is 52.4 Å². The third-order valence-corrected chi connectivity index (χ3v) is 3.41. The minimum absolute atomic E-state index is 0.0941. The lowest BCUT2D eigenvalue weighted by molar-refractivity contribution is -0.384. The molecule has 1 aliphatic rings. The third-order valence-electron chi connectivity index (χ3n) is 3.41. The Morgan fingerprint density at radius 1 is 1.29 bits per heavy atom. The number of piperazine rings is 1. The highest BCUT2D eigenvalue weighted by Gasteiger charge is 2.26. The van der Waals surface area contributed by atoms with Crippen molar-refractivity contribution in [1.82, 2.24) is 9.80 Å². The van der Waals surface area contributed by atoms with Gasteiger partial charge >= 0.3 is 6.03 Å². The third kappa shape index (κ3) is 3.21. The standard InChI is InChI=1S/C13H17FN4O3/c1-15(2)13(19)17-7-5-16(6-8-17)12-9-10(14)3-4-11(12)18(20)21/h3-4,9H,5-8H2,1-2H3. The maximum absolute atomic E-state index is 13.4. The van der Waals surface area contributed by atoms with Crippen molar-refractivity contribution in [2.75, 3.05) is 45.2 Å². The molecule has 0 N–H and O–H groups in total. The van der Waals surface area contributed by atoms with Crippen LogP contribution in [0.15, 0.2) is 18.2 Å². The Kier molecular flexibility index (Phi) is 4.25. The molecule has 1 aliphatic heterocycles. The van der Waals surface area contributed by atoms with Gasteiger partial charge in [-0.1, -0.05) is 0 Å². The van der Waals surface area contributed by atoms with E-state index in [-0.39, 0.29) is 17.4 Å². The van der Waals surface area contributed by atoms with Crippen molar-refractivity contribution >= 4 is 17.4 Å². The summed E-state index contributed by atoms with van der Waals surface area (Å²) in [4.78, 5) is 27.2. The van der Waals surface area contributed by atoms with Crippen LogP contribution in [0.2, 0.25) is 0 Å². The van der Waals surface area contributed by atoms with Crippen LogP contribution in [0.1, 0.15) is 0 Å². The molecule has 0 aromatic heterocycles. The maximum atomic E-state index is 13.4. The van der Waals surface area contributed by atoms with Crippen LogP contribution in [0, 0.1) is 15.9 Å². The highest BCUT2D eigenvalue weighted by atomic mass is 19.1. The zero-order chi connectivity index (χ0) is 15.6. The van der Waals surface area contributed by atoms with Crippen LogP contribution in [0.5, 0.6) is 0 Å². The molecule has 2 amide bonds. The number of nitro groups is 1. The minimum atomic E-state index is -0.522. The fourth-order valence-electron chi connectivity index (χ4n) is 2.33. The van der Waals surface area contributed by atoms with E-state index in [0.717, 1.165) is 6.07 Å². The van der Waals surface area contributed by atoms with Crippen molar-refractivity contribution in [2.24, 2.45) is 0 Å². The number of hydrogen-bond donors (Lipinski definition) is 0. The van der Waals surface area contributed by atoms with Gasteiger partial charge in [-0.2, -0.15) is 0 Å². The van der Waals surface area contributed by atoms with Crippen molar-refractivity contribution in [3.63, 3.8) is 0 Å². The first-order chi connectivity index (χ1) is 9.90. The van der Waals surface area contributed by atoms with Crippen LogP contribution in [0.3, 0.4) is 0 Å². The van der Waals surface area contributed by atoms with E-state index in [0.29, 0.717) is 26.2 Å². The van der Waals surface area contributed by atoms with Crippen molar-refractivity contribution in [2.45, 2.75) is 0 Å². The van der Waals surface area contributed by atoms with Gasteiger partial charge in [-0.15, -0.1) is 0 Å². The highest BCUT2D eigenvalue weighted by Crippen LogP contribution is 2.29. The first-order valence-electron chi connectivity index (χ1n) is 6.55. The fraction of sp³-hybridized carbons (Fsp3) is 0.462. The number of nitro benzene ring substituents is 1. The fourth-order valence-corrected chi connectivity index (χ4v) is 2.33. The van der Waals surface area contributed by atoms with Gasteiger partial charge in [0.2, 0.25) is 0 Å². The monoisotopic (exact) mass is 296 g/mol. The van der Waals surface area contributed by atoms with Gasteiger partial charge < -0.3 is 14.7 Å². The minimum Gasteiger partial charge on any atom is -0.362 e. The molecule has 1 saturated heterocycles. The molecule has 7 nitrogen and oxygen atoms in total. The Balaban J connectivity index is 2.14. The number of benzene rings is 1. The summed E-state index contributed by atoms with van der Waals surface area (Å²) in [6.07, 6.45) is 0. The van der Waals surface area contributed by atoms with E-state index in [1.807, 2.05) is 0 Å². The van der Waals surface area contributed by atoms with Crippen molar-refractivity contribution < 1.29 is 14.1 Å². The Hall–Kier alpha value is -2.38. The Bertz CT molecular complexity index is 556. The SMILES string of the molecule is CN(C)C(=O)N1CCN(c2cc(F)ccc2[N+](=O)[O-])CC1. The number of carbonyl (C=O) groups excluding carboxylic acids is 1. The second-order valence-corrected chi connectivity index (χ2v) is 5.04.